The summed E-state index contributed by atoms with van der Waals surface area (Å²) in [5.74, 6) is 0.300. The van der Waals surface area contributed by atoms with Crippen molar-refractivity contribution < 1.29 is 5.11 Å². The van der Waals surface area contributed by atoms with E-state index in [-0.39, 0.29) is 0 Å². The zero-order valence-electron chi connectivity index (χ0n) is 10.6. The van der Waals surface area contributed by atoms with Gasteiger partial charge in [-0.2, -0.15) is 0 Å². The number of anilines is 1. The lowest BCUT2D eigenvalue weighted by atomic mass is 10.1. The Hall–Kier alpha value is -1.52. The third-order valence-electron chi connectivity index (χ3n) is 3.14. The summed E-state index contributed by atoms with van der Waals surface area (Å²) in [5, 5.41) is 11.9. The molecule has 0 saturated carbocycles. The molecule has 0 fully saturated rings. The first kappa shape index (κ1) is 12.9. The molecular formula is C14H18N2OS. The summed E-state index contributed by atoms with van der Waals surface area (Å²) < 4.78 is 0. The largest absolute Gasteiger partial charge is 0.508 e. The van der Waals surface area contributed by atoms with E-state index in [9.17, 15) is 5.11 Å². The van der Waals surface area contributed by atoms with Gasteiger partial charge in [0.1, 0.15) is 5.75 Å². The van der Waals surface area contributed by atoms with E-state index in [4.69, 9.17) is 5.73 Å². The number of phenols is 1. The Morgan fingerprint density at radius 2 is 2.17 bits per heavy atom. The summed E-state index contributed by atoms with van der Waals surface area (Å²) in [6.07, 6.45) is 0. The minimum absolute atomic E-state index is 0.300. The van der Waals surface area contributed by atoms with Crippen LogP contribution in [0, 0.1) is 0 Å². The van der Waals surface area contributed by atoms with Gasteiger partial charge in [0.15, 0.2) is 0 Å². The van der Waals surface area contributed by atoms with Crippen LogP contribution in [-0.4, -0.2) is 17.1 Å². The maximum Gasteiger partial charge on any atom is 0.120 e. The van der Waals surface area contributed by atoms with Crippen LogP contribution in [0.3, 0.4) is 0 Å². The Morgan fingerprint density at radius 3 is 2.83 bits per heavy atom. The van der Waals surface area contributed by atoms with Gasteiger partial charge in [-0.05, 0) is 43.6 Å². The van der Waals surface area contributed by atoms with Gasteiger partial charge in [-0.3, -0.25) is 4.90 Å². The van der Waals surface area contributed by atoms with Crippen molar-refractivity contribution in [3.63, 3.8) is 0 Å². The first-order valence-electron chi connectivity index (χ1n) is 5.89. The predicted molar refractivity (Wildman–Crippen MR) is 76.7 cm³/mol. The van der Waals surface area contributed by atoms with Gasteiger partial charge in [0.25, 0.3) is 0 Å². The molecule has 0 aliphatic carbocycles. The van der Waals surface area contributed by atoms with E-state index in [1.165, 1.54) is 4.88 Å². The van der Waals surface area contributed by atoms with E-state index in [2.05, 4.69) is 29.3 Å². The first-order chi connectivity index (χ1) is 8.58. The van der Waals surface area contributed by atoms with Gasteiger partial charge in [0.05, 0.1) is 0 Å². The molecule has 4 heteroatoms. The molecule has 0 spiro atoms. The second-order valence-electron chi connectivity index (χ2n) is 4.49. The Balaban J connectivity index is 2.11. The predicted octanol–water partition coefficient (Wildman–Crippen LogP) is 3.23. The van der Waals surface area contributed by atoms with E-state index in [0.717, 1.165) is 5.56 Å². The van der Waals surface area contributed by atoms with E-state index in [0.29, 0.717) is 24.0 Å². The number of nitrogens with zero attached hydrogens (tertiary/aromatic N) is 1. The Labute approximate surface area is 111 Å². The number of phenolic OH excluding ortho intramolecular Hbond substituents is 1. The van der Waals surface area contributed by atoms with Crippen molar-refractivity contribution in [1.29, 1.82) is 0 Å². The lowest BCUT2D eigenvalue weighted by Gasteiger charge is -2.24. The van der Waals surface area contributed by atoms with Crippen LogP contribution in [0.1, 0.15) is 23.4 Å². The number of thiophene rings is 1. The molecule has 18 heavy (non-hydrogen) atoms. The minimum Gasteiger partial charge on any atom is -0.508 e. The van der Waals surface area contributed by atoms with E-state index in [1.54, 1.807) is 23.5 Å². The Bertz CT molecular complexity index is 511. The number of aromatic hydroxyl groups is 1. The quantitative estimate of drug-likeness (QED) is 0.657. The van der Waals surface area contributed by atoms with Crippen LogP contribution in [0.15, 0.2) is 35.7 Å². The first-order valence-corrected chi connectivity index (χ1v) is 6.77. The van der Waals surface area contributed by atoms with Crippen molar-refractivity contribution in [3.05, 3.63) is 46.2 Å². The molecule has 1 aromatic carbocycles. The molecule has 3 N–H and O–H groups in total. The van der Waals surface area contributed by atoms with Crippen molar-refractivity contribution in [2.24, 2.45) is 0 Å². The second kappa shape index (κ2) is 5.42. The molecule has 1 heterocycles. The highest BCUT2D eigenvalue weighted by atomic mass is 32.1. The third kappa shape index (κ3) is 2.83. The van der Waals surface area contributed by atoms with Gasteiger partial charge in [0.2, 0.25) is 0 Å². The zero-order valence-corrected chi connectivity index (χ0v) is 11.4. The van der Waals surface area contributed by atoms with Crippen LogP contribution in [0.5, 0.6) is 5.75 Å². The number of hydrogen-bond acceptors (Lipinski definition) is 4. The van der Waals surface area contributed by atoms with Gasteiger partial charge in [-0.15, -0.1) is 11.3 Å². The Morgan fingerprint density at radius 1 is 1.39 bits per heavy atom. The molecule has 0 bridgehead atoms. The van der Waals surface area contributed by atoms with Crippen LogP contribution < -0.4 is 5.73 Å². The number of nitrogens with two attached hydrogens (primary N) is 1. The van der Waals surface area contributed by atoms with E-state index in [1.807, 2.05) is 13.1 Å². The van der Waals surface area contributed by atoms with Crippen molar-refractivity contribution >= 4 is 17.0 Å². The molecule has 0 aliphatic rings. The van der Waals surface area contributed by atoms with Crippen molar-refractivity contribution in [2.45, 2.75) is 19.5 Å². The molecular weight excluding hydrogens is 244 g/mol. The fraction of sp³-hybridized carbons (Fsp3) is 0.286. The van der Waals surface area contributed by atoms with Crippen molar-refractivity contribution in [3.8, 4) is 5.75 Å². The minimum atomic E-state index is 0.300. The molecule has 1 aromatic heterocycles. The average Bonchev–Trinajstić information content (AvgIpc) is 2.86. The maximum absolute atomic E-state index is 9.82. The highest BCUT2D eigenvalue weighted by Gasteiger charge is 2.14. The van der Waals surface area contributed by atoms with Gasteiger partial charge in [-0.25, -0.2) is 0 Å². The van der Waals surface area contributed by atoms with Crippen LogP contribution in [0.25, 0.3) is 0 Å². The monoisotopic (exact) mass is 262 g/mol. The molecule has 1 atom stereocenters. The SMILES string of the molecule is CC(c1cccs1)N(C)Cc1cc(N)ccc1O. The van der Waals surface area contributed by atoms with Crippen molar-refractivity contribution in [1.82, 2.24) is 4.90 Å². The van der Waals surface area contributed by atoms with Gasteiger partial charge < -0.3 is 10.8 Å². The van der Waals surface area contributed by atoms with Crippen LogP contribution >= 0.6 is 11.3 Å². The van der Waals surface area contributed by atoms with Crippen molar-refractivity contribution in [2.75, 3.05) is 12.8 Å². The normalized spacial score (nSPS) is 12.8. The maximum atomic E-state index is 9.82. The summed E-state index contributed by atoms with van der Waals surface area (Å²) >= 11 is 1.75. The molecule has 2 rings (SSSR count). The Kier molecular flexibility index (Phi) is 3.89. The summed E-state index contributed by atoms with van der Waals surface area (Å²) in [5.41, 5.74) is 7.29. The molecule has 0 aliphatic heterocycles. The summed E-state index contributed by atoms with van der Waals surface area (Å²) in [4.78, 5) is 3.52. The molecule has 0 saturated heterocycles. The number of hydrogen-bond donors (Lipinski definition) is 2. The van der Waals surface area contributed by atoms with Gasteiger partial charge >= 0.3 is 0 Å². The number of benzene rings is 1. The zero-order chi connectivity index (χ0) is 13.1. The fourth-order valence-electron chi connectivity index (χ4n) is 1.88. The van der Waals surface area contributed by atoms with Gasteiger partial charge in [0, 0.05) is 28.7 Å². The smallest absolute Gasteiger partial charge is 0.120 e. The number of rotatable bonds is 4. The molecule has 0 amide bonds. The summed E-state index contributed by atoms with van der Waals surface area (Å²) in [6, 6.07) is 9.70. The second-order valence-corrected chi connectivity index (χ2v) is 5.47. The molecule has 96 valence electrons. The molecule has 2 aromatic rings. The standard InChI is InChI=1S/C14H18N2OS/c1-10(14-4-3-7-18-14)16(2)9-11-8-12(15)5-6-13(11)17/h3-8,10,17H,9,15H2,1-2H3. The average molecular weight is 262 g/mol. The topological polar surface area (TPSA) is 49.5 Å². The number of nitrogen functional groups attached to an aromatic ring is 1. The third-order valence-corrected chi connectivity index (χ3v) is 4.18. The van der Waals surface area contributed by atoms with E-state index >= 15 is 0 Å². The lowest BCUT2D eigenvalue weighted by Crippen LogP contribution is -2.21. The highest BCUT2D eigenvalue weighted by Crippen LogP contribution is 2.27. The summed E-state index contributed by atoms with van der Waals surface area (Å²) in [7, 11) is 2.05. The molecule has 0 radical (unpaired) electrons. The van der Waals surface area contributed by atoms with Gasteiger partial charge in [-0.1, -0.05) is 6.07 Å². The highest BCUT2D eigenvalue weighted by molar-refractivity contribution is 7.10. The fourth-order valence-corrected chi connectivity index (χ4v) is 2.73. The van der Waals surface area contributed by atoms with Crippen LogP contribution in [-0.2, 0) is 6.54 Å². The van der Waals surface area contributed by atoms with Crippen LogP contribution in [0.4, 0.5) is 5.69 Å². The molecule has 3 nitrogen and oxygen atoms in total. The van der Waals surface area contributed by atoms with E-state index < -0.39 is 0 Å². The molecule has 1 unspecified atom stereocenters. The summed E-state index contributed by atoms with van der Waals surface area (Å²) in [6.45, 7) is 2.84. The van der Waals surface area contributed by atoms with Crippen LogP contribution in [0.2, 0.25) is 0 Å². The lowest BCUT2D eigenvalue weighted by molar-refractivity contribution is 0.253.